The monoisotopic (exact) mass is 307 g/mol. The fourth-order valence-electron chi connectivity index (χ4n) is 3.11. The Balaban J connectivity index is 2.02. The lowest BCUT2D eigenvalue weighted by molar-refractivity contribution is -0.117. The average Bonchev–Trinajstić information content (AvgIpc) is 3.07. The first-order valence-electron chi connectivity index (χ1n) is 7.90. The van der Waals surface area contributed by atoms with Crippen LogP contribution < -0.4 is 0 Å². The van der Waals surface area contributed by atoms with Crippen LogP contribution in [0.5, 0.6) is 0 Å². The summed E-state index contributed by atoms with van der Waals surface area (Å²) < 4.78 is 5.47. The largest absolute Gasteiger partial charge is 0.356 e. The molecule has 3 nitrogen and oxygen atoms in total. The number of fused-ring (bicyclic) bond motifs is 1. The van der Waals surface area contributed by atoms with Crippen molar-refractivity contribution in [3.05, 3.63) is 59.0 Å². The van der Waals surface area contributed by atoms with E-state index in [1.54, 1.807) is 6.92 Å². The predicted molar refractivity (Wildman–Crippen MR) is 92.9 cm³/mol. The maximum absolute atomic E-state index is 11.5. The summed E-state index contributed by atoms with van der Waals surface area (Å²) in [6.45, 7) is 9.60. The third kappa shape index (κ3) is 3.04. The van der Waals surface area contributed by atoms with Crippen LogP contribution in [0.2, 0.25) is 0 Å². The number of aryl methyl sites for hydroxylation is 1. The molecule has 0 radical (unpaired) electrons. The molecule has 1 atom stereocenters. The third-order valence-electron chi connectivity index (χ3n) is 4.34. The minimum Gasteiger partial charge on any atom is -0.356 e. The molecule has 3 heteroatoms. The van der Waals surface area contributed by atoms with Crippen LogP contribution in [-0.2, 0) is 4.79 Å². The fourth-order valence-corrected chi connectivity index (χ4v) is 3.11. The van der Waals surface area contributed by atoms with Crippen molar-refractivity contribution in [3.63, 3.8) is 0 Å². The maximum Gasteiger partial charge on any atom is 0.163 e. The molecule has 118 valence electrons. The molecule has 1 aromatic heterocycles. The van der Waals surface area contributed by atoms with Gasteiger partial charge < -0.3 is 9.32 Å². The average molecular weight is 307 g/mol. The lowest BCUT2D eigenvalue weighted by Gasteiger charge is -2.15. The van der Waals surface area contributed by atoms with Crippen LogP contribution in [0.1, 0.15) is 60.8 Å². The highest BCUT2D eigenvalue weighted by Crippen LogP contribution is 2.45. The summed E-state index contributed by atoms with van der Waals surface area (Å²) in [4.78, 5) is 11.5. The van der Waals surface area contributed by atoms with Crippen molar-refractivity contribution in [2.45, 2.75) is 39.5 Å². The Morgan fingerprint density at radius 3 is 2.70 bits per heavy atom. The zero-order chi connectivity index (χ0) is 16.6. The van der Waals surface area contributed by atoms with E-state index in [4.69, 9.17) is 4.52 Å². The highest BCUT2D eigenvalue weighted by atomic mass is 16.5. The summed E-state index contributed by atoms with van der Waals surface area (Å²) in [5.41, 5.74) is 6.59. The van der Waals surface area contributed by atoms with Gasteiger partial charge in [0.05, 0.1) is 5.69 Å². The van der Waals surface area contributed by atoms with Gasteiger partial charge in [-0.25, -0.2) is 0 Å². The number of hydrogen-bond acceptors (Lipinski definition) is 3. The van der Waals surface area contributed by atoms with E-state index in [1.165, 1.54) is 11.1 Å². The second-order valence-corrected chi connectivity index (χ2v) is 6.35. The van der Waals surface area contributed by atoms with Crippen LogP contribution in [0.3, 0.4) is 0 Å². The minimum absolute atomic E-state index is 0.167. The molecule has 0 spiro atoms. The van der Waals surface area contributed by atoms with Gasteiger partial charge in [0, 0.05) is 24.0 Å². The Bertz CT molecular complexity index is 811. The Morgan fingerprint density at radius 2 is 2.09 bits per heavy atom. The zero-order valence-electron chi connectivity index (χ0n) is 13.8. The van der Waals surface area contributed by atoms with Crippen LogP contribution >= 0.6 is 0 Å². The van der Waals surface area contributed by atoms with Gasteiger partial charge in [-0.15, -0.1) is 0 Å². The SMILES string of the molecule is C=C(C)c1ccc2c(c1)C(CCC(C)=O)C(c1cc(C)no1)=C2. The fraction of sp³-hybridized carbons (Fsp3) is 0.300. The van der Waals surface area contributed by atoms with Crippen LogP contribution in [0.4, 0.5) is 0 Å². The normalized spacial score (nSPS) is 16.1. The second kappa shape index (κ2) is 5.99. The van der Waals surface area contributed by atoms with E-state index in [0.717, 1.165) is 34.6 Å². The van der Waals surface area contributed by atoms with Gasteiger partial charge in [0.15, 0.2) is 5.76 Å². The number of benzene rings is 1. The van der Waals surface area contributed by atoms with Gasteiger partial charge in [0.25, 0.3) is 0 Å². The highest BCUT2D eigenvalue weighted by Gasteiger charge is 2.29. The molecule has 0 fully saturated rings. The number of nitrogens with zero attached hydrogens (tertiary/aromatic N) is 1. The maximum atomic E-state index is 11.5. The molecular weight excluding hydrogens is 286 g/mol. The lowest BCUT2D eigenvalue weighted by atomic mass is 9.88. The summed E-state index contributed by atoms with van der Waals surface area (Å²) in [5.74, 6) is 1.17. The first kappa shape index (κ1) is 15.5. The van der Waals surface area contributed by atoms with Gasteiger partial charge in [-0.3, -0.25) is 0 Å². The molecule has 0 aliphatic heterocycles. The molecule has 0 saturated carbocycles. The van der Waals surface area contributed by atoms with E-state index in [-0.39, 0.29) is 11.7 Å². The van der Waals surface area contributed by atoms with E-state index in [2.05, 4.69) is 36.0 Å². The molecule has 1 unspecified atom stereocenters. The van der Waals surface area contributed by atoms with Gasteiger partial charge in [-0.2, -0.15) is 0 Å². The molecule has 1 aromatic carbocycles. The van der Waals surface area contributed by atoms with Crippen molar-refractivity contribution in [1.29, 1.82) is 0 Å². The van der Waals surface area contributed by atoms with Crippen molar-refractivity contribution in [3.8, 4) is 0 Å². The van der Waals surface area contributed by atoms with Gasteiger partial charge in [0.2, 0.25) is 0 Å². The van der Waals surface area contributed by atoms with E-state index in [0.29, 0.717) is 6.42 Å². The number of Topliss-reactive ketones (excluding diaryl/α,β-unsaturated/α-hetero) is 1. The van der Waals surface area contributed by atoms with Crippen molar-refractivity contribution >= 4 is 23.0 Å². The standard InChI is InChI=1S/C20H21NO2/c1-12(2)15-6-7-16-11-19(20-9-13(3)21-23-20)17(18(16)10-15)8-5-14(4)22/h6-7,9-11,17H,1,5,8H2,2-4H3. The first-order valence-corrected chi connectivity index (χ1v) is 7.90. The van der Waals surface area contributed by atoms with Gasteiger partial charge >= 0.3 is 0 Å². The van der Waals surface area contributed by atoms with Crippen molar-refractivity contribution in [2.24, 2.45) is 0 Å². The molecule has 1 aliphatic rings. The Kier molecular flexibility index (Phi) is 4.03. The molecule has 0 saturated heterocycles. The van der Waals surface area contributed by atoms with E-state index in [9.17, 15) is 4.79 Å². The number of allylic oxidation sites excluding steroid dienone is 2. The third-order valence-corrected chi connectivity index (χ3v) is 4.34. The molecule has 0 amide bonds. The van der Waals surface area contributed by atoms with Crippen LogP contribution in [0, 0.1) is 6.92 Å². The summed E-state index contributed by atoms with van der Waals surface area (Å²) >= 11 is 0. The first-order chi connectivity index (χ1) is 11.0. The molecule has 0 N–H and O–H groups in total. The molecule has 1 aliphatic carbocycles. The van der Waals surface area contributed by atoms with Crippen LogP contribution in [0.25, 0.3) is 17.2 Å². The number of hydrogen-bond donors (Lipinski definition) is 0. The summed E-state index contributed by atoms with van der Waals surface area (Å²) in [6.07, 6.45) is 3.50. The summed E-state index contributed by atoms with van der Waals surface area (Å²) in [7, 11) is 0. The molecule has 0 bridgehead atoms. The Labute approximate surface area is 136 Å². The summed E-state index contributed by atoms with van der Waals surface area (Å²) in [5, 5.41) is 4.00. The molecular formula is C20H21NO2. The molecule has 1 heterocycles. The molecule has 2 aromatic rings. The summed E-state index contributed by atoms with van der Waals surface area (Å²) in [6, 6.07) is 8.36. The van der Waals surface area contributed by atoms with Crippen molar-refractivity contribution < 1.29 is 9.32 Å². The van der Waals surface area contributed by atoms with Crippen LogP contribution in [-0.4, -0.2) is 10.9 Å². The van der Waals surface area contributed by atoms with Gasteiger partial charge in [-0.05, 0) is 50.0 Å². The van der Waals surface area contributed by atoms with Crippen molar-refractivity contribution in [1.82, 2.24) is 5.16 Å². The Morgan fingerprint density at radius 1 is 1.30 bits per heavy atom. The molecule has 3 rings (SSSR count). The smallest absolute Gasteiger partial charge is 0.163 e. The van der Waals surface area contributed by atoms with E-state index < -0.39 is 0 Å². The topological polar surface area (TPSA) is 43.1 Å². The highest BCUT2D eigenvalue weighted by molar-refractivity contribution is 5.91. The Hall–Kier alpha value is -2.42. The molecule has 23 heavy (non-hydrogen) atoms. The van der Waals surface area contributed by atoms with E-state index >= 15 is 0 Å². The second-order valence-electron chi connectivity index (χ2n) is 6.35. The number of aromatic nitrogens is 1. The quantitative estimate of drug-likeness (QED) is 0.778. The lowest BCUT2D eigenvalue weighted by Crippen LogP contribution is -2.02. The number of ketones is 1. The van der Waals surface area contributed by atoms with E-state index in [1.807, 2.05) is 19.9 Å². The van der Waals surface area contributed by atoms with Crippen molar-refractivity contribution in [2.75, 3.05) is 0 Å². The van der Waals surface area contributed by atoms with Crippen LogP contribution in [0.15, 0.2) is 35.4 Å². The zero-order valence-corrected chi connectivity index (χ0v) is 13.8. The van der Waals surface area contributed by atoms with Gasteiger partial charge in [-0.1, -0.05) is 35.5 Å². The minimum atomic E-state index is 0.167. The predicted octanol–water partition coefficient (Wildman–Crippen LogP) is 5.02. The van der Waals surface area contributed by atoms with Gasteiger partial charge in [0.1, 0.15) is 5.78 Å². The number of carbonyl (C=O) groups excluding carboxylic acids is 1. The number of carbonyl (C=O) groups is 1. The number of rotatable bonds is 5.